The fourth-order valence-corrected chi connectivity index (χ4v) is 2.88. The number of amides is 1. The van der Waals surface area contributed by atoms with Gasteiger partial charge < -0.3 is 19.5 Å². The molecule has 0 aliphatic heterocycles. The number of esters is 1. The molecule has 0 atom stereocenters. The highest BCUT2D eigenvalue weighted by Gasteiger charge is 2.18. The van der Waals surface area contributed by atoms with E-state index in [1.54, 1.807) is 19.1 Å². The Kier molecular flexibility index (Phi) is 7.48. The monoisotopic (exact) mass is 467 g/mol. The Balaban J connectivity index is 2.36. The van der Waals surface area contributed by atoms with E-state index in [-0.39, 0.29) is 11.3 Å². The number of carbonyl (C=O) groups excluding carboxylic acids is 2. The molecule has 0 aliphatic rings. The number of anilines is 1. The van der Waals surface area contributed by atoms with Crippen LogP contribution in [-0.2, 0) is 9.53 Å². The second-order valence-corrected chi connectivity index (χ2v) is 6.95. The molecule has 0 bridgehead atoms. The van der Waals surface area contributed by atoms with Gasteiger partial charge in [0.15, 0.2) is 11.5 Å². The lowest BCUT2D eigenvalue weighted by atomic mass is 10.1. The minimum absolute atomic E-state index is 0.145. The number of allylic oxidation sites excluding steroid dienone is 1. The van der Waals surface area contributed by atoms with Crippen LogP contribution in [0.25, 0.3) is 5.57 Å². The molecule has 1 amide bonds. The molecule has 1 N–H and O–H groups in total. The van der Waals surface area contributed by atoms with Gasteiger partial charge in [-0.25, -0.2) is 4.79 Å². The molecule has 2 aromatic carbocycles. The van der Waals surface area contributed by atoms with Crippen molar-refractivity contribution in [1.82, 2.24) is 0 Å². The second kappa shape index (κ2) is 9.61. The van der Waals surface area contributed by atoms with Crippen LogP contribution in [0.1, 0.15) is 22.8 Å². The Bertz CT molecular complexity index is 942. The van der Waals surface area contributed by atoms with Crippen molar-refractivity contribution in [2.45, 2.75) is 6.92 Å². The smallest absolute Gasteiger partial charge is 0.340 e. The maximum absolute atomic E-state index is 12.5. The number of rotatable bonds is 6. The number of hydrogen-bond donors (Lipinski definition) is 1. The molecule has 0 fully saturated rings. The summed E-state index contributed by atoms with van der Waals surface area (Å²) in [6.07, 6.45) is 1.41. The van der Waals surface area contributed by atoms with Crippen LogP contribution in [0.5, 0.6) is 11.5 Å². The van der Waals surface area contributed by atoms with E-state index < -0.39 is 11.9 Å². The zero-order valence-corrected chi connectivity index (χ0v) is 18.1. The van der Waals surface area contributed by atoms with Gasteiger partial charge in [0.1, 0.15) is 0 Å². The van der Waals surface area contributed by atoms with E-state index in [0.29, 0.717) is 22.1 Å². The molecule has 0 aromatic heterocycles. The van der Waals surface area contributed by atoms with Gasteiger partial charge in [0.2, 0.25) is 5.91 Å². The summed E-state index contributed by atoms with van der Waals surface area (Å²) < 4.78 is 16.0. The molecule has 2 rings (SSSR count). The summed E-state index contributed by atoms with van der Waals surface area (Å²) in [6.45, 7) is 1.79. The molecule has 0 radical (unpaired) electrons. The lowest BCUT2D eigenvalue weighted by molar-refractivity contribution is -0.111. The van der Waals surface area contributed by atoms with Crippen molar-refractivity contribution < 1.29 is 23.8 Å². The van der Waals surface area contributed by atoms with E-state index in [1.165, 1.54) is 39.5 Å². The third kappa shape index (κ3) is 5.05. The lowest BCUT2D eigenvalue weighted by Crippen LogP contribution is -2.14. The molecule has 6 nitrogen and oxygen atoms in total. The van der Waals surface area contributed by atoms with Crippen molar-refractivity contribution in [2.75, 3.05) is 26.6 Å². The Hall–Kier alpha value is -2.51. The fourth-order valence-electron chi connectivity index (χ4n) is 2.45. The van der Waals surface area contributed by atoms with Crippen molar-refractivity contribution in [3.05, 3.63) is 57.0 Å². The average Bonchev–Trinajstić information content (AvgIpc) is 2.68. The summed E-state index contributed by atoms with van der Waals surface area (Å²) in [7, 11) is 4.17. The molecular weight excluding hydrogens is 450 g/mol. The molecule has 0 saturated heterocycles. The van der Waals surface area contributed by atoms with Gasteiger partial charge in [0, 0.05) is 22.7 Å². The Morgan fingerprint density at radius 1 is 1.07 bits per heavy atom. The van der Waals surface area contributed by atoms with E-state index in [4.69, 9.17) is 25.8 Å². The third-order valence-corrected chi connectivity index (χ3v) is 5.14. The van der Waals surface area contributed by atoms with Crippen molar-refractivity contribution in [3.63, 3.8) is 0 Å². The predicted molar refractivity (Wildman–Crippen MR) is 112 cm³/mol. The average molecular weight is 469 g/mol. The molecule has 8 heteroatoms. The Morgan fingerprint density at radius 3 is 2.29 bits per heavy atom. The van der Waals surface area contributed by atoms with E-state index in [0.717, 1.165) is 10.0 Å². The lowest BCUT2D eigenvalue weighted by Gasteiger charge is -2.14. The largest absolute Gasteiger partial charge is 0.493 e. The summed E-state index contributed by atoms with van der Waals surface area (Å²) in [5.41, 5.74) is 1.88. The third-order valence-electron chi connectivity index (χ3n) is 3.91. The van der Waals surface area contributed by atoms with E-state index in [9.17, 15) is 9.59 Å². The highest BCUT2D eigenvalue weighted by atomic mass is 79.9. The Labute approximate surface area is 176 Å². The zero-order valence-electron chi connectivity index (χ0n) is 15.8. The van der Waals surface area contributed by atoms with Crippen LogP contribution >= 0.6 is 27.5 Å². The molecule has 2 aromatic rings. The van der Waals surface area contributed by atoms with Crippen LogP contribution in [0, 0.1) is 0 Å². The van der Waals surface area contributed by atoms with E-state index in [2.05, 4.69) is 21.2 Å². The standard InChI is InChI=1S/C20H19BrClNO5/c1-11(12-5-6-14(21)15(22)8-12)7-19(24)23-16-10-18(27-3)17(26-2)9-13(16)20(25)28-4/h5-10H,1-4H3,(H,23,24). The molecule has 0 saturated carbocycles. The van der Waals surface area contributed by atoms with Crippen LogP contribution in [0.4, 0.5) is 5.69 Å². The van der Waals surface area contributed by atoms with Crippen molar-refractivity contribution >= 4 is 50.7 Å². The first-order chi connectivity index (χ1) is 13.3. The number of halogens is 2. The van der Waals surface area contributed by atoms with Gasteiger partial charge in [-0.15, -0.1) is 0 Å². The number of benzene rings is 2. The summed E-state index contributed by atoms with van der Waals surface area (Å²) in [5.74, 6) is -0.325. The van der Waals surface area contributed by atoms with Gasteiger partial charge in [-0.1, -0.05) is 17.7 Å². The minimum atomic E-state index is -0.614. The molecular formula is C20H19BrClNO5. The molecule has 148 valence electrons. The first-order valence-electron chi connectivity index (χ1n) is 8.09. The van der Waals surface area contributed by atoms with Gasteiger partial charge in [0.25, 0.3) is 0 Å². The maximum atomic E-state index is 12.5. The van der Waals surface area contributed by atoms with Crippen molar-refractivity contribution in [2.24, 2.45) is 0 Å². The normalized spacial score (nSPS) is 11.0. The zero-order chi connectivity index (χ0) is 20.8. The highest BCUT2D eigenvalue weighted by Crippen LogP contribution is 2.34. The predicted octanol–water partition coefficient (Wildman–Crippen LogP) is 4.95. The molecule has 0 heterocycles. The molecule has 28 heavy (non-hydrogen) atoms. The van der Waals surface area contributed by atoms with Gasteiger partial charge in [0.05, 0.1) is 37.6 Å². The van der Waals surface area contributed by atoms with Crippen LogP contribution in [0.15, 0.2) is 40.9 Å². The number of hydrogen-bond acceptors (Lipinski definition) is 5. The van der Waals surface area contributed by atoms with E-state index >= 15 is 0 Å². The summed E-state index contributed by atoms with van der Waals surface area (Å²) >= 11 is 9.44. The van der Waals surface area contributed by atoms with Crippen LogP contribution in [0.3, 0.4) is 0 Å². The van der Waals surface area contributed by atoms with Gasteiger partial charge in [-0.2, -0.15) is 0 Å². The Morgan fingerprint density at radius 2 is 1.71 bits per heavy atom. The van der Waals surface area contributed by atoms with Crippen LogP contribution < -0.4 is 14.8 Å². The molecule has 0 spiro atoms. The van der Waals surface area contributed by atoms with Crippen LogP contribution in [0.2, 0.25) is 5.02 Å². The first kappa shape index (κ1) is 21.8. The number of methoxy groups -OCH3 is 3. The fraction of sp³-hybridized carbons (Fsp3) is 0.200. The number of ether oxygens (including phenoxy) is 3. The van der Waals surface area contributed by atoms with Crippen molar-refractivity contribution in [3.8, 4) is 11.5 Å². The second-order valence-electron chi connectivity index (χ2n) is 5.69. The first-order valence-corrected chi connectivity index (χ1v) is 9.26. The summed E-state index contributed by atoms with van der Waals surface area (Å²) in [6, 6.07) is 8.34. The highest BCUT2D eigenvalue weighted by molar-refractivity contribution is 9.10. The number of carbonyl (C=O) groups is 2. The van der Waals surface area contributed by atoms with Gasteiger partial charge in [-0.05, 0) is 46.1 Å². The maximum Gasteiger partial charge on any atom is 0.340 e. The summed E-state index contributed by atoms with van der Waals surface area (Å²) in [5, 5.41) is 3.22. The SMILES string of the molecule is COC(=O)c1cc(OC)c(OC)cc1NC(=O)C=C(C)c1ccc(Br)c(Cl)c1. The number of nitrogens with one attached hydrogen (secondary N) is 1. The molecule has 0 unspecified atom stereocenters. The topological polar surface area (TPSA) is 73.9 Å². The van der Waals surface area contributed by atoms with Gasteiger partial charge >= 0.3 is 5.97 Å². The van der Waals surface area contributed by atoms with Crippen molar-refractivity contribution in [1.29, 1.82) is 0 Å². The molecule has 0 aliphatic carbocycles. The summed E-state index contributed by atoms with van der Waals surface area (Å²) in [4.78, 5) is 24.6. The quantitative estimate of drug-likeness (QED) is 0.480. The van der Waals surface area contributed by atoms with E-state index in [1.807, 2.05) is 6.07 Å². The van der Waals surface area contributed by atoms with Gasteiger partial charge in [-0.3, -0.25) is 4.79 Å². The minimum Gasteiger partial charge on any atom is -0.493 e. The van der Waals surface area contributed by atoms with Crippen LogP contribution in [-0.4, -0.2) is 33.2 Å².